The Kier molecular flexibility index (Phi) is 15.9. The fraction of sp³-hybridized carbons (Fsp3) is 1.00. The molecule has 0 saturated heterocycles. The number of hydrogen-bond acceptors (Lipinski definition) is 0. The van der Waals surface area contributed by atoms with Gasteiger partial charge in [0.25, 0.3) is 0 Å². The van der Waals surface area contributed by atoms with Crippen molar-refractivity contribution >= 4 is 29.8 Å². The predicted octanol–water partition coefficient (Wildman–Crippen LogP) is 1.89. The molecule has 0 heterocycles. The first kappa shape index (κ1) is 11.0. The van der Waals surface area contributed by atoms with Crippen LogP contribution in [0.2, 0.25) is 28.8 Å². The first-order valence-electron chi connectivity index (χ1n) is 2.65. The standard InChI is InChI=1S/C3H9Ge.C2H7Ge/c1-4(2)3;1-3-2/h1-3H3;3H,1-2H3. The molecule has 2 radical (unpaired) electrons. The summed E-state index contributed by atoms with van der Waals surface area (Å²) in [6.45, 7) is 0. The van der Waals surface area contributed by atoms with Crippen molar-refractivity contribution < 1.29 is 0 Å². The van der Waals surface area contributed by atoms with Crippen molar-refractivity contribution in [1.82, 2.24) is 0 Å². The van der Waals surface area contributed by atoms with Gasteiger partial charge in [0.05, 0.1) is 0 Å². The maximum absolute atomic E-state index is 2.33. The molecular weight excluding hydrogens is 205 g/mol. The quantitative estimate of drug-likeness (QED) is 0.548. The van der Waals surface area contributed by atoms with Crippen LogP contribution in [-0.4, -0.2) is 29.8 Å². The predicted molar refractivity (Wildman–Crippen MR) is 42.2 cm³/mol. The van der Waals surface area contributed by atoms with E-state index in [4.69, 9.17) is 0 Å². The second kappa shape index (κ2) is 10.1. The van der Waals surface area contributed by atoms with Gasteiger partial charge in [-0.1, -0.05) is 0 Å². The normalized spacial score (nSPS) is 7.71. The Hall–Kier alpha value is 1.09. The van der Waals surface area contributed by atoms with Gasteiger partial charge in [-0.15, -0.1) is 0 Å². The van der Waals surface area contributed by atoms with Crippen molar-refractivity contribution in [3.8, 4) is 0 Å². The summed E-state index contributed by atoms with van der Waals surface area (Å²) in [6.07, 6.45) is 0. The maximum atomic E-state index is 2.33. The Morgan fingerprint density at radius 3 is 1.00 bits per heavy atom. The summed E-state index contributed by atoms with van der Waals surface area (Å²) in [7, 11) is 0. The van der Waals surface area contributed by atoms with E-state index in [1.165, 1.54) is 0 Å². The Morgan fingerprint density at radius 2 is 1.00 bits per heavy atom. The zero-order valence-electron chi connectivity index (χ0n) is 6.08. The molecule has 0 saturated carbocycles. The van der Waals surface area contributed by atoms with E-state index >= 15 is 0 Å². The topological polar surface area (TPSA) is 0 Å². The van der Waals surface area contributed by atoms with E-state index in [0.717, 1.165) is 0 Å². The molecule has 0 N–H and O–H groups in total. The third-order valence-electron chi connectivity index (χ3n) is 0. The summed E-state index contributed by atoms with van der Waals surface area (Å²) in [5, 5.41) is 0. The van der Waals surface area contributed by atoms with E-state index in [0.29, 0.717) is 15.4 Å². The molecule has 0 aromatic heterocycles. The second-order valence-corrected chi connectivity index (χ2v) is 10.8. The molecule has 0 aliphatic rings. The Labute approximate surface area is 58.7 Å². The minimum absolute atomic E-state index is 0.312. The Morgan fingerprint density at radius 1 is 1.00 bits per heavy atom. The van der Waals surface area contributed by atoms with Gasteiger partial charge >= 0.3 is 58.6 Å². The molecule has 2 heteroatoms. The summed E-state index contributed by atoms with van der Waals surface area (Å²) < 4.78 is 0. The van der Waals surface area contributed by atoms with Crippen molar-refractivity contribution in [1.29, 1.82) is 0 Å². The van der Waals surface area contributed by atoms with Crippen LogP contribution < -0.4 is 0 Å². The van der Waals surface area contributed by atoms with Crippen molar-refractivity contribution in [2.24, 2.45) is 0 Å². The van der Waals surface area contributed by atoms with Crippen LogP contribution in [-0.2, 0) is 0 Å². The minimum atomic E-state index is -0.333. The third-order valence-corrected chi connectivity index (χ3v) is 0. The van der Waals surface area contributed by atoms with E-state index in [-0.39, 0.29) is 14.3 Å². The first-order chi connectivity index (χ1) is 3.15. The molecule has 0 rings (SSSR count). The number of rotatable bonds is 0. The number of hydrogen-bond donors (Lipinski definition) is 0. The monoisotopic (exact) mass is 224 g/mol. The fourth-order valence-corrected chi connectivity index (χ4v) is 0. The Bertz CT molecular complexity index is 17.3. The van der Waals surface area contributed by atoms with E-state index in [1.807, 2.05) is 0 Å². The molecule has 0 atom stereocenters. The third kappa shape index (κ3) is 155. The second-order valence-electron chi connectivity index (χ2n) is 2.08. The van der Waals surface area contributed by atoms with Crippen molar-refractivity contribution in [2.45, 2.75) is 28.8 Å². The fourth-order valence-electron chi connectivity index (χ4n) is 0. The Balaban J connectivity index is 0. The molecular formula is C5H16Ge2. The molecule has 0 spiro atoms. The van der Waals surface area contributed by atoms with Crippen LogP contribution in [0.15, 0.2) is 0 Å². The van der Waals surface area contributed by atoms with Gasteiger partial charge < -0.3 is 0 Å². The molecule has 0 fully saturated rings. The van der Waals surface area contributed by atoms with Crippen LogP contribution in [0.4, 0.5) is 0 Å². The first-order valence-corrected chi connectivity index (χ1v) is 13.8. The molecule has 0 nitrogen and oxygen atoms in total. The van der Waals surface area contributed by atoms with Crippen molar-refractivity contribution in [3.05, 3.63) is 0 Å². The molecule has 0 aliphatic heterocycles. The van der Waals surface area contributed by atoms with Crippen molar-refractivity contribution in [3.63, 3.8) is 0 Å². The molecule has 0 aromatic rings. The van der Waals surface area contributed by atoms with Crippen LogP contribution in [0.5, 0.6) is 0 Å². The van der Waals surface area contributed by atoms with Gasteiger partial charge in [-0.25, -0.2) is 0 Å². The molecule has 0 amide bonds. The van der Waals surface area contributed by atoms with Gasteiger partial charge in [0, 0.05) is 0 Å². The zero-order valence-corrected chi connectivity index (χ0v) is 10.6. The van der Waals surface area contributed by atoms with Crippen LogP contribution in [0.25, 0.3) is 0 Å². The van der Waals surface area contributed by atoms with Crippen LogP contribution >= 0.6 is 0 Å². The van der Waals surface area contributed by atoms with Crippen LogP contribution in [0.1, 0.15) is 0 Å². The average Bonchev–Trinajstić information content (AvgIpc) is 1.33. The van der Waals surface area contributed by atoms with E-state index in [2.05, 4.69) is 28.8 Å². The van der Waals surface area contributed by atoms with Gasteiger partial charge in [0.15, 0.2) is 0 Å². The molecule has 0 aliphatic carbocycles. The SMILES string of the molecule is [CH3][GeH][CH3].[CH3][Ge]([CH3])[CH3]. The van der Waals surface area contributed by atoms with E-state index in [1.54, 1.807) is 0 Å². The molecule has 7 heavy (non-hydrogen) atoms. The average molecular weight is 221 g/mol. The molecule has 0 aromatic carbocycles. The zero-order chi connectivity index (χ0) is 6.28. The molecule has 0 bridgehead atoms. The van der Waals surface area contributed by atoms with E-state index in [9.17, 15) is 0 Å². The molecule has 44 valence electrons. The van der Waals surface area contributed by atoms with Gasteiger partial charge in [0.1, 0.15) is 0 Å². The van der Waals surface area contributed by atoms with Gasteiger partial charge in [-0.05, 0) is 0 Å². The summed E-state index contributed by atoms with van der Waals surface area (Å²) >= 11 is -0.0208. The van der Waals surface area contributed by atoms with Crippen molar-refractivity contribution in [2.75, 3.05) is 0 Å². The summed E-state index contributed by atoms with van der Waals surface area (Å²) in [4.78, 5) is 0. The summed E-state index contributed by atoms with van der Waals surface area (Å²) in [5.41, 5.74) is 0. The van der Waals surface area contributed by atoms with E-state index < -0.39 is 0 Å². The molecule has 0 unspecified atom stereocenters. The summed E-state index contributed by atoms with van der Waals surface area (Å²) in [6, 6.07) is 0. The van der Waals surface area contributed by atoms with Gasteiger partial charge in [-0.2, -0.15) is 0 Å². The van der Waals surface area contributed by atoms with Crippen LogP contribution in [0.3, 0.4) is 0 Å². The van der Waals surface area contributed by atoms with Crippen LogP contribution in [0, 0.1) is 0 Å². The summed E-state index contributed by atoms with van der Waals surface area (Å²) in [5.74, 6) is 11.6. The van der Waals surface area contributed by atoms with Gasteiger partial charge in [-0.3, -0.25) is 0 Å². The van der Waals surface area contributed by atoms with Gasteiger partial charge in [0.2, 0.25) is 0 Å².